The lowest BCUT2D eigenvalue weighted by molar-refractivity contribution is -0.114. The minimum Gasteiger partial charge on any atom is -0.325 e. The van der Waals surface area contributed by atoms with Crippen molar-refractivity contribution >= 4 is 48.9 Å². The number of carbonyl (C=O) groups excluding carboxylic acids is 1. The smallest absolute Gasteiger partial charge is 0.264 e. The van der Waals surface area contributed by atoms with E-state index in [2.05, 4.69) is 18.3 Å². The monoisotopic (exact) mass is 555 g/mol. The summed E-state index contributed by atoms with van der Waals surface area (Å²) in [6, 6.07) is 27.6. The quantitative estimate of drug-likeness (QED) is 0.224. The van der Waals surface area contributed by atoms with Crippen molar-refractivity contribution in [3.8, 4) is 10.6 Å². The molecule has 1 heterocycles. The number of nitrogens with zero attached hydrogens (tertiary/aromatic N) is 2. The summed E-state index contributed by atoms with van der Waals surface area (Å²) >= 11 is 1.62. The number of aromatic nitrogens is 1. The van der Waals surface area contributed by atoms with Gasteiger partial charge in [0.25, 0.3) is 10.0 Å². The van der Waals surface area contributed by atoms with Crippen molar-refractivity contribution in [3.63, 3.8) is 0 Å². The lowest BCUT2D eigenvalue weighted by Gasteiger charge is -2.26. The first-order valence-corrected chi connectivity index (χ1v) is 14.9. The van der Waals surface area contributed by atoms with Gasteiger partial charge in [0.15, 0.2) is 0 Å². The highest BCUT2D eigenvalue weighted by molar-refractivity contribution is 7.92. The summed E-state index contributed by atoms with van der Waals surface area (Å²) in [6.07, 6.45) is 0.629. The molecule has 1 N–H and O–H groups in total. The third kappa shape index (κ3) is 5.72. The third-order valence-electron chi connectivity index (χ3n) is 6.50. The zero-order valence-corrected chi connectivity index (χ0v) is 23.6. The largest absolute Gasteiger partial charge is 0.325 e. The van der Waals surface area contributed by atoms with Crippen molar-refractivity contribution in [2.75, 3.05) is 16.2 Å². The number of hydrogen-bond acceptors (Lipinski definition) is 5. The van der Waals surface area contributed by atoms with Crippen LogP contribution in [0.5, 0.6) is 0 Å². The molecular weight excluding hydrogens is 526 g/mol. The summed E-state index contributed by atoms with van der Waals surface area (Å²) in [5.41, 5.74) is 5.98. The van der Waals surface area contributed by atoms with E-state index in [-0.39, 0.29) is 11.4 Å². The van der Waals surface area contributed by atoms with Gasteiger partial charge >= 0.3 is 0 Å². The molecule has 0 aliphatic carbocycles. The molecule has 39 heavy (non-hydrogen) atoms. The maximum atomic E-state index is 13.7. The first-order chi connectivity index (χ1) is 18.7. The number of hydrogen-bond donors (Lipinski definition) is 1. The van der Waals surface area contributed by atoms with Crippen molar-refractivity contribution in [1.29, 1.82) is 0 Å². The fourth-order valence-electron chi connectivity index (χ4n) is 4.37. The van der Waals surface area contributed by atoms with E-state index in [0.29, 0.717) is 17.8 Å². The fraction of sp³-hybridized carbons (Fsp3) is 0.161. The van der Waals surface area contributed by atoms with Crippen LogP contribution < -0.4 is 9.62 Å². The number of rotatable bonds is 8. The van der Waals surface area contributed by atoms with Gasteiger partial charge in [-0.15, -0.1) is 11.3 Å². The Bertz CT molecular complexity index is 1740. The van der Waals surface area contributed by atoms with Crippen molar-refractivity contribution < 1.29 is 13.2 Å². The van der Waals surface area contributed by atoms with Gasteiger partial charge in [-0.2, -0.15) is 0 Å². The van der Waals surface area contributed by atoms with Crippen LogP contribution in [0.2, 0.25) is 0 Å². The van der Waals surface area contributed by atoms with Crippen molar-refractivity contribution in [2.45, 2.75) is 32.1 Å². The average Bonchev–Trinajstić information content (AvgIpc) is 3.35. The van der Waals surface area contributed by atoms with E-state index in [1.165, 1.54) is 9.87 Å². The van der Waals surface area contributed by atoms with Gasteiger partial charge in [-0.1, -0.05) is 48.9 Å². The van der Waals surface area contributed by atoms with Crippen molar-refractivity contribution in [2.24, 2.45) is 0 Å². The molecule has 0 radical (unpaired) electrons. The minimum atomic E-state index is -3.98. The van der Waals surface area contributed by atoms with Gasteiger partial charge in [-0.3, -0.25) is 9.10 Å². The molecule has 0 bridgehead atoms. The Kier molecular flexibility index (Phi) is 7.50. The normalized spacial score (nSPS) is 11.5. The molecule has 1 amide bonds. The van der Waals surface area contributed by atoms with Crippen LogP contribution in [0.4, 0.5) is 11.4 Å². The first-order valence-electron chi connectivity index (χ1n) is 12.7. The molecule has 8 heteroatoms. The fourth-order valence-corrected chi connectivity index (χ4v) is 6.90. The number of fused-ring (bicyclic) bond motifs is 1. The molecule has 1 aromatic heterocycles. The second-order valence-electron chi connectivity index (χ2n) is 9.42. The summed E-state index contributed by atoms with van der Waals surface area (Å²) in [6.45, 7) is 5.57. The number of thiazole rings is 1. The Hall–Kier alpha value is -4.01. The maximum absolute atomic E-state index is 13.7. The van der Waals surface area contributed by atoms with Crippen LogP contribution in [0, 0.1) is 13.8 Å². The molecule has 5 rings (SSSR count). The predicted molar refractivity (Wildman–Crippen MR) is 160 cm³/mol. The topological polar surface area (TPSA) is 79.4 Å². The molecule has 5 aromatic rings. The highest BCUT2D eigenvalue weighted by Gasteiger charge is 2.28. The van der Waals surface area contributed by atoms with E-state index >= 15 is 0 Å². The minimum absolute atomic E-state index is 0.141. The molecule has 0 fully saturated rings. The van der Waals surface area contributed by atoms with Gasteiger partial charge in [-0.05, 0) is 86.0 Å². The van der Waals surface area contributed by atoms with Crippen LogP contribution in [0.15, 0.2) is 95.9 Å². The molecule has 0 aliphatic rings. The molecule has 0 saturated heterocycles. The van der Waals surface area contributed by atoms with E-state index < -0.39 is 15.9 Å². The highest BCUT2D eigenvalue weighted by atomic mass is 32.2. The van der Waals surface area contributed by atoms with Gasteiger partial charge in [0.05, 0.1) is 20.8 Å². The number of aryl methyl sites for hydroxylation is 3. The molecule has 198 valence electrons. The van der Waals surface area contributed by atoms with Crippen LogP contribution in [0.3, 0.4) is 0 Å². The van der Waals surface area contributed by atoms with Gasteiger partial charge in [-0.25, -0.2) is 13.4 Å². The van der Waals surface area contributed by atoms with E-state index in [9.17, 15) is 13.2 Å². The zero-order valence-electron chi connectivity index (χ0n) is 22.0. The van der Waals surface area contributed by atoms with Crippen LogP contribution in [-0.4, -0.2) is 25.9 Å². The standard InChI is InChI=1S/C31H29N3O3S2/c1-4-23-7-5-6-8-28(23)34(39(36,37)26-16-9-21(2)10-17-26)20-30(35)32-25-14-12-24(13-15-25)31-33-27-18-11-22(3)19-29(27)38-31/h5-19H,4,20H2,1-3H3,(H,32,35). The molecule has 0 aliphatic heterocycles. The summed E-state index contributed by atoms with van der Waals surface area (Å²) in [7, 11) is -3.98. The molecule has 4 aromatic carbocycles. The van der Waals surface area contributed by atoms with Crippen molar-refractivity contribution in [3.05, 3.63) is 108 Å². The SMILES string of the molecule is CCc1ccccc1N(CC(=O)Nc1ccc(-c2nc3ccc(C)cc3s2)cc1)S(=O)(=O)c1ccc(C)cc1. The van der Waals surface area contributed by atoms with Crippen molar-refractivity contribution in [1.82, 2.24) is 4.98 Å². The second-order valence-corrected chi connectivity index (χ2v) is 12.3. The Morgan fingerprint density at radius 2 is 1.59 bits per heavy atom. The highest BCUT2D eigenvalue weighted by Crippen LogP contribution is 2.32. The molecule has 0 unspecified atom stereocenters. The number of benzene rings is 4. The van der Waals surface area contributed by atoms with Gasteiger partial charge in [0, 0.05) is 11.3 Å². The molecule has 0 spiro atoms. The number of carbonyl (C=O) groups is 1. The van der Waals surface area contributed by atoms with Crippen LogP contribution in [-0.2, 0) is 21.2 Å². The Balaban J connectivity index is 1.39. The molecule has 0 atom stereocenters. The van der Waals surface area contributed by atoms with E-state index in [0.717, 1.165) is 31.9 Å². The number of anilines is 2. The predicted octanol–water partition coefficient (Wildman–Crippen LogP) is 6.98. The summed E-state index contributed by atoms with van der Waals surface area (Å²) < 4.78 is 29.8. The first kappa shape index (κ1) is 26.6. The Labute approximate surface area is 233 Å². The van der Waals surface area contributed by atoms with Gasteiger partial charge in [0.2, 0.25) is 5.91 Å². The third-order valence-corrected chi connectivity index (χ3v) is 9.34. The number of para-hydroxylation sites is 1. The summed E-state index contributed by atoms with van der Waals surface area (Å²) in [5, 5.41) is 3.77. The Morgan fingerprint density at radius 1 is 0.897 bits per heavy atom. The maximum Gasteiger partial charge on any atom is 0.264 e. The van der Waals surface area contributed by atoms with Crippen LogP contribution in [0.25, 0.3) is 20.8 Å². The summed E-state index contributed by atoms with van der Waals surface area (Å²) in [5.74, 6) is -0.431. The average molecular weight is 556 g/mol. The Morgan fingerprint density at radius 3 is 2.31 bits per heavy atom. The van der Waals surface area contributed by atoms with E-state index in [1.54, 1.807) is 47.7 Å². The zero-order chi connectivity index (χ0) is 27.6. The van der Waals surface area contributed by atoms with Gasteiger partial charge < -0.3 is 5.32 Å². The lowest BCUT2D eigenvalue weighted by Crippen LogP contribution is -2.38. The number of amides is 1. The molecule has 0 saturated carbocycles. The number of sulfonamides is 1. The molecular formula is C31H29N3O3S2. The lowest BCUT2D eigenvalue weighted by atomic mass is 10.1. The van der Waals surface area contributed by atoms with Crippen LogP contribution in [0.1, 0.15) is 23.6 Å². The van der Waals surface area contributed by atoms with E-state index in [4.69, 9.17) is 4.98 Å². The summed E-state index contributed by atoms with van der Waals surface area (Å²) in [4.78, 5) is 18.1. The van der Waals surface area contributed by atoms with Crippen LogP contribution >= 0.6 is 11.3 Å². The number of nitrogens with one attached hydrogen (secondary N) is 1. The van der Waals surface area contributed by atoms with Gasteiger partial charge in [0.1, 0.15) is 11.6 Å². The van der Waals surface area contributed by atoms with E-state index in [1.807, 2.05) is 62.4 Å². The second kappa shape index (κ2) is 11.0. The molecule has 6 nitrogen and oxygen atoms in total.